The summed E-state index contributed by atoms with van der Waals surface area (Å²) in [7, 11) is 0. The first-order valence-electron chi connectivity index (χ1n) is 20.6. The average molecular weight is 742 g/mol. The number of fused-ring (bicyclic) bond motifs is 1. The molecule has 0 aliphatic heterocycles. The molecular formula is C55H37N3. The molecule has 58 heavy (non-hydrogen) atoms. The molecule has 2 heterocycles. The lowest BCUT2D eigenvalue weighted by atomic mass is 9.95. The van der Waals surface area contributed by atoms with Crippen molar-refractivity contribution in [2.45, 2.75) is 0 Å². The Hall–Kier alpha value is -7.75. The highest BCUT2D eigenvalue weighted by atomic mass is 15.1. The Kier molecular flexibility index (Phi) is 7.63. The van der Waals surface area contributed by atoms with Crippen LogP contribution in [0.2, 0.25) is 0 Å². The number of nitrogens with zero attached hydrogens (tertiary/aromatic N) is 3. The average Bonchev–Trinajstić information content (AvgIpc) is 3.67. The van der Waals surface area contributed by atoms with Crippen molar-refractivity contribution in [3.05, 3.63) is 224 Å². The van der Waals surface area contributed by atoms with E-state index >= 15 is 0 Å². The van der Waals surface area contributed by atoms with E-state index in [0.717, 1.165) is 44.8 Å². The van der Waals surface area contributed by atoms with Gasteiger partial charge in [0.25, 0.3) is 0 Å². The molecule has 0 bridgehead atoms. The summed E-state index contributed by atoms with van der Waals surface area (Å²) in [5.41, 5.74) is 12.0. The molecule has 0 atom stereocenters. The lowest BCUT2D eigenvalue weighted by molar-refractivity contribution is 1.18. The molecule has 9 aromatic carbocycles. The van der Waals surface area contributed by atoms with Crippen molar-refractivity contribution in [3.8, 4) is 27.9 Å². The van der Waals surface area contributed by atoms with E-state index in [4.69, 9.17) is 7.73 Å². The van der Waals surface area contributed by atoms with Gasteiger partial charge in [-0.1, -0.05) is 146 Å². The maximum atomic E-state index is 9.06. The van der Waals surface area contributed by atoms with Crippen molar-refractivity contribution in [1.82, 2.24) is 9.55 Å². The van der Waals surface area contributed by atoms with Gasteiger partial charge in [0.1, 0.15) is 0 Å². The molecule has 0 N–H and O–H groups in total. The zero-order chi connectivity index (χ0) is 40.2. The Balaban J connectivity index is 0.913. The summed E-state index contributed by atoms with van der Waals surface area (Å²) in [6.07, 6.45) is 1.84. The maximum absolute atomic E-state index is 9.06. The van der Waals surface area contributed by atoms with Crippen LogP contribution in [0.3, 0.4) is 0 Å². The SMILES string of the molecule is [2H]/C(=C(/[2H])c1ccc(-c2ccc3c4c2ccc2cccc(c24)n3-c2ccc(-c3ccccc3)cc2)cn1)c1ccc(N(c2ccccc2)c2ccc3ccccc3c2)cc1. The molecule has 0 amide bonds. The molecule has 0 unspecified atom stereocenters. The van der Waals surface area contributed by atoms with E-state index < -0.39 is 0 Å². The standard InChI is InChI=1S/C55H37N3/c1-3-10-39(11-4-1)41-22-30-48(31-23-41)58-52-17-9-14-42-25-33-51-50(34-35-53(58)55(51)54(42)52)44-21-27-45(56-37-44)26-18-38-19-28-47(29-20-38)57(46-15-5-2-6-16-46)49-32-24-40-12-7-8-13-43(40)36-49/h1-37H/b26-18+/i18D,26D. The Morgan fingerprint density at radius 2 is 1.10 bits per heavy atom. The fraction of sp³-hybridized carbons (Fsp3) is 0. The van der Waals surface area contributed by atoms with Gasteiger partial charge in [-0.25, -0.2) is 0 Å². The van der Waals surface area contributed by atoms with Crippen LogP contribution in [0, 0.1) is 0 Å². The van der Waals surface area contributed by atoms with Gasteiger partial charge in [-0.3, -0.25) is 4.98 Å². The predicted molar refractivity (Wildman–Crippen MR) is 246 cm³/mol. The van der Waals surface area contributed by atoms with Gasteiger partial charge in [0.2, 0.25) is 0 Å². The van der Waals surface area contributed by atoms with E-state index in [1.807, 2.05) is 66.9 Å². The molecule has 0 saturated carbocycles. The first-order chi connectivity index (χ1) is 29.6. The molecule has 272 valence electrons. The van der Waals surface area contributed by atoms with E-state index in [0.29, 0.717) is 11.3 Å². The second-order valence-corrected chi connectivity index (χ2v) is 14.7. The Labute approximate surface area is 340 Å². The van der Waals surface area contributed by atoms with Gasteiger partial charge in [0.05, 0.1) is 19.5 Å². The first kappa shape index (κ1) is 31.5. The van der Waals surface area contributed by atoms with Crippen molar-refractivity contribution in [1.29, 1.82) is 0 Å². The molecule has 0 fully saturated rings. The lowest BCUT2D eigenvalue weighted by Gasteiger charge is -2.26. The molecular weight excluding hydrogens is 703 g/mol. The lowest BCUT2D eigenvalue weighted by Crippen LogP contribution is -2.09. The molecule has 11 aromatic rings. The highest BCUT2D eigenvalue weighted by Crippen LogP contribution is 2.43. The van der Waals surface area contributed by atoms with Crippen molar-refractivity contribution >= 4 is 72.5 Å². The third kappa shape index (κ3) is 5.89. The van der Waals surface area contributed by atoms with Crippen LogP contribution in [0.15, 0.2) is 212 Å². The Morgan fingerprint density at radius 1 is 0.448 bits per heavy atom. The van der Waals surface area contributed by atoms with Crippen LogP contribution in [0.1, 0.15) is 14.0 Å². The van der Waals surface area contributed by atoms with Gasteiger partial charge >= 0.3 is 0 Å². The first-order valence-corrected chi connectivity index (χ1v) is 19.6. The van der Waals surface area contributed by atoms with E-state index in [1.54, 1.807) is 0 Å². The van der Waals surface area contributed by atoms with Gasteiger partial charge in [0, 0.05) is 45.3 Å². The van der Waals surface area contributed by atoms with Crippen LogP contribution in [0.25, 0.3) is 83.4 Å². The van der Waals surface area contributed by atoms with E-state index in [9.17, 15) is 0 Å². The predicted octanol–water partition coefficient (Wildman–Crippen LogP) is 14.9. The third-order valence-corrected chi connectivity index (χ3v) is 11.2. The molecule has 11 rings (SSSR count). The summed E-state index contributed by atoms with van der Waals surface area (Å²) in [4.78, 5) is 6.98. The van der Waals surface area contributed by atoms with E-state index in [2.05, 4.69) is 155 Å². The number of pyridine rings is 1. The van der Waals surface area contributed by atoms with E-state index in [1.165, 1.54) is 43.6 Å². The van der Waals surface area contributed by atoms with Crippen LogP contribution >= 0.6 is 0 Å². The molecule has 0 spiro atoms. The molecule has 0 aliphatic rings. The van der Waals surface area contributed by atoms with Gasteiger partial charge in [-0.05, 0) is 117 Å². The number of hydrogen-bond donors (Lipinski definition) is 0. The second kappa shape index (κ2) is 14.1. The van der Waals surface area contributed by atoms with Crippen LogP contribution in [-0.2, 0) is 0 Å². The number of anilines is 3. The van der Waals surface area contributed by atoms with Gasteiger partial charge < -0.3 is 9.47 Å². The molecule has 2 aromatic heterocycles. The normalized spacial score (nSPS) is 12.6. The fourth-order valence-corrected chi connectivity index (χ4v) is 8.45. The monoisotopic (exact) mass is 741 g/mol. The topological polar surface area (TPSA) is 21.1 Å². The zero-order valence-corrected chi connectivity index (χ0v) is 31.5. The van der Waals surface area contributed by atoms with Crippen molar-refractivity contribution in [2.24, 2.45) is 0 Å². The van der Waals surface area contributed by atoms with Crippen LogP contribution < -0.4 is 4.90 Å². The highest BCUT2D eigenvalue weighted by molar-refractivity contribution is 6.26. The van der Waals surface area contributed by atoms with Crippen LogP contribution in [0.5, 0.6) is 0 Å². The molecule has 3 nitrogen and oxygen atoms in total. The van der Waals surface area contributed by atoms with Crippen molar-refractivity contribution < 1.29 is 2.74 Å². The Bertz CT molecular complexity index is 3350. The maximum Gasteiger partial charge on any atom is 0.0646 e. The number of rotatable bonds is 8. The summed E-state index contributed by atoms with van der Waals surface area (Å²) in [6.45, 7) is 0. The number of benzene rings is 9. The number of para-hydroxylation sites is 1. The summed E-state index contributed by atoms with van der Waals surface area (Å²) in [5, 5.41) is 7.18. The zero-order valence-electron chi connectivity index (χ0n) is 33.5. The quantitative estimate of drug-likeness (QED) is 0.145. The van der Waals surface area contributed by atoms with Gasteiger partial charge in [-0.15, -0.1) is 0 Å². The number of aromatic nitrogens is 2. The Morgan fingerprint density at radius 3 is 1.90 bits per heavy atom. The molecule has 0 radical (unpaired) electrons. The third-order valence-electron chi connectivity index (χ3n) is 11.2. The minimum absolute atomic E-state index is 0.0754. The largest absolute Gasteiger partial charge is 0.310 e. The van der Waals surface area contributed by atoms with E-state index in [-0.39, 0.29) is 12.1 Å². The summed E-state index contributed by atoms with van der Waals surface area (Å²) in [6, 6.07) is 71.8. The summed E-state index contributed by atoms with van der Waals surface area (Å²) in [5.74, 6) is 0. The minimum Gasteiger partial charge on any atom is -0.310 e. The van der Waals surface area contributed by atoms with Gasteiger partial charge in [-0.2, -0.15) is 0 Å². The number of hydrogen-bond acceptors (Lipinski definition) is 2. The molecule has 3 heteroatoms. The summed E-state index contributed by atoms with van der Waals surface area (Å²) < 4.78 is 20.5. The van der Waals surface area contributed by atoms with Crippen LogP contribution in [0.4, 0.5) is 17.1 Å². The van der Waals surface area contributed by atoms with Crippen LogP contribution in [-0.4, -0.2) is 9.55 Å². The minimum atomic E-state index is 0.0754. The second-order valence-electron chi connectivity index (χ2n) is 14.7. The molecule has 0 aliphatic carbocycles. The molecule has 0 saturated heterocycles. The highest BCUT2D eigenvalue weighted by Gasteiger charge is 2.19. The fourth-order valence-electron chi connectivity index (χ4n) is 8.45. The summed E-state index contributed by atoms with van der Waals surface area (Å²) >= 11 is 0. The van der Waals surface area contributed by atoms with Crippen molar-refractivity contribution in [2.75, 3.05) is 4.90 Å². The van der Waals surface area contributed by atoms with Crippen molar-refractivity contribution in [3.63, 3.8) is 0 Å². The van der Waals surface area contributed by atoms with Gasteiger partial charge in [0.15, 0.2) is 0 Å². The smallest absolute Gasteiger partial charge is 0.0646 e.